The Bertz CT molecular complexity index is 1420. The normalized spacial score (nSPS) is 15.9. The van der Waals surface area contributed by atoms with Gasteiger partial charge in [0.2, 0.25) is 0 Å². The molecule has 2 aromatic carbocycles. The van der Waals surface area contributed by atoms with Gasteiger partial charge in [0.25, 0.3) is 5.56 Å². The molecule has 1 aromatic heterocycles. The Morgan fingerprint density at radius 3 is 2.47 bits per heavy atom. The largest absolute Gasteiger partial charge is 0.497 e. The molecule has 0 bridgehead atoms. The van der Waals surface area contributed by atoms with Crippen LogP contribution in [0.4, 0.5) is 0 Å². The van der Waals surface area contributed by atoms with Crippen LogP contribution in [0.1, 0.15) is 24.1 Å². The number of esters is 1. The summed E-state index contributed by atoms with van der Waals surface area (Å²) in [6, 6.07) is 11.7. The number of ether oxygens (including phenoxy) is 2. The summed E-state index contributed by atoms with van der Waals surface area (Å²) in [7, 11) is 2.88. The number of fused-ring (bicyclic) bond motifs is 1. The van der Waals surface area contributed by atoms with E-state index in [4.69, 9.17) is 32.7 Å². The molecule has 1 atom stereocenters. The molecule has 32 heavy (non-hydrogen) atoms. The van der Waals surface area contributed by atoms with Crippen molar-refractivity contribution < 1.29 is 14.3 Å². The van der Waals surface area contributed by atoms with Crippen LogP contribution < -0.4 is 19.6 Å². The molecule has 6 nitrogen and oxygen atoms in total. The van der Waals surface area contributed by atoms with Crippen LogP contribution >= 0.6 is 34.5 Å². The Morgan fingerprint density at radius 2 is 1.84 bits per heavy atom. The number of carbonyl (C=O) groups excluding carboxylic acids is 1. The van der Waals surface area contributed by atoms with Crippen LogP contribution in [-0.2, 0) is 9.53 Å². The van der Waals surface area contributed by atoms with Gasteiger partial charge in [0.05, 0.1) is 46.1 Å². The van der Waals surface area contributed by atoms with Gasteiger partial charge in [-0.3, -0.25) is 9.36 Å². The van der Waals surface area contributed by atoms with E-state index < -0.39 is 12.0 Å². The van der Waals surface area contributed by atoms with Gasteiger partial charge in [-0.25, -0.2) is 9.79 Å². The van der Waals surface area contributed by atoms with E-state index in [9.17, 15) is 9.59 Å². The number of carbonyl (C=O) groups is 1. The van der Waals surface area contributed by atoms with Crippen molar-refractivity contribution in [3.05, 3.63) is 94.6 Å². The second-order valence-electron chi connectivity index (χ2n) is 7.02. The van der Waals surface area contributed by atoms with Crippen molar-refractivity contribution in [2.24, 2.45) is 4.99 Å². The van der Waals surface area contributed by atoms with Crippen molar-refractivity contribution >= 4 is 46.6 Å². The van der Waals surface area contributed by atoms with Crippen molar-refractivity contribution in [2.45, 2.75) is 13.0 Å². The maximum atomic E-state index is 13.5. The minimum absolute atomic E-state index is 0.269. The molecular weight excluding hydrogens is 471 g/mol. The molecule has 3 aromatic rings. The zero-order valence-electron chi connectivity index (χ0n) is 17.4. The summed E-state index contributed by atoms with van der Waals surface area (Å²) in [4.78, 5) is 31.1. The lowest BCUT2D eigenvalue weighted by atomic mass is 9.96. The Hall–Kier alpha value is -2.87. The molecule has 0 spiro atoms. The van der Waals surface area contributed by atoms with Crippen LogP contribution in [0.25, 0.3) is 6.08 Å². The molecule has 2 heterocycles. The van der Waals surface area contributed by atoms with E-state index in [-0.39, 0.29) is 5.56 Å². The van der Waals surface area contributed by atoms with Crippen molar-refractivity contribution in [1.29, 1.82) is 0 Å². The van der Waals surface area contributed by atoms with E-state index in [0.29, 0.717) is 36.4 Å². The first-order chi connectivity index (χ1) is 15.3. The number of halogens is 2. The van der Waals surface area contributed by atoms with Gasteiger partial charge in [0, 0.05) is 0 Å². The van der Waals surface area contributed by atoms with Gasteiger partial charge in [-0.05, 0) is 48.4 Å². The Balaban J connectivity index is 1.95. The molecule has 0 saturated heterocycles. The van der Waals surface area contributed by atoms with Gasteiger partial charge >= 0.3 is 5.97 Å². The first kappa shape index (κ1) is 22.3. The number of hydrogen-bond acceptors (Lipinski definition) is 6. The molecule has 0 N–H and O–H groups in total. The monoisotopic (exact) mass is 488 g/mol. The van der Waals surface area contributed by atoms with E-state index >= 15 is 0 Å². The highest BCUT2D eigenvalue weighted by Crippen LogP contribution is 2.31. The van der Waals surface area contributed by atoms with Crippen LogP contribution in [0.15, 0.2) is 63.5 Å². The molecule has 1 aliphatic heterocycles. The number of hydrogen-bond donors (Lipinski definition) is 0. The van der Waals surface area contributed by atoms with Crippen molar-refractivity contribution in [1.82, 2.24) is 4.57 Å². The molecule has 0 fully saturated rings. The number of benzene rings is 2. The second kappa shape index (κ2) is 8.94. The molecular formula is C23H18Cl2N2O4S. The van der Waals surface area contributed by atoms with Crippen LogP contribution in [0, 0.1) is 0 Å². The third-order valence-electron chi connectivity index (χ3n) is 5.10. The van der Waals surface area contributed by atoms with Gasteiger partial charge < -0.3 is 9.47 Å². The van der Waals surface area contributed by atoms with Gasteiger partial charge in [-0.1, -0.05) is 52.7 Å². The number of methoxy groups -OCH3 is 2. The fourth-order valence-corrected chi connectivity index (χ4v) is 4.90. The highest BCUT2D eigenvalue weighted by Gasteiger charge is 2.33. The number of nitrogens with zero attached hydrogens (tertiary/aromatic N) is 2. The van der Waals surface area contributed by atoms with Gasteiger partial charge in [-0.15, -0.1) is 0 Å². The minimum Gasteiger partial charge on any atom is -0.497 e. The molecule has 0 aliphatic carbocycles. The highest BCUT2D eigenvalue weighted by molar-refractivity contribution is 7.07. The van der Waals surface area contributed by atoms with Gasteiger partial charge in [0.1, 0.15) is 5.75 Å². The lowest BCUT2D eigenvalue weighted by molar-refractivity contribution is -0.136. The zero-order valence-corrected chi connectivity index (χ0v) is 19.7. The standard InChI is InChI=1S/C23H18Cl2N2O4S/c1-12-19(22(29)31-3)20(14-5-7-15(30-2)8-6-14)27-21(28)18(32-23(27)26-12)11-13-4-9-16(24)17(25)10-13/h4-11,20H,1-3H3/t20-/m1/s1. The van der Waals surface area contributed by atoms with E-state index in [1.807, 2.05) is 12.1 Å². The van der Waals surface area contributed by atoms with E-state index in [2.05, 4.69) is 4.99 Å². The summed E-state index contributed by atoms with van der Waals surface area (Å²) < 4.78 is 12.2. The highest BCUT2D eigenvalue weighted by atomic mass is 35.5. The molecule has 0 radical (unpaired) electrons. The maximum Gasteiger partial charge on any atom is 0.338 e. The molecule has 164 valence electrons. The van der Waals surface area contributed by atoms with Crippen LogP contribution in [-0.4, -0.2) is 24.8 Å². The van der Waals surface area contributed by atoms with Crippen molar-refractivity contribution in [3.8, 4) is 5.75 Å². The van der Waals surface area contributed by atoms with Gasteiger partial charge in [0.15, 0.2) is 4.80 Å². The Kier molecular flexibility index (Phi) is 6.24. The van der Waals surface area contributed by atoms with Crippen LogP contribution in [0.3, 0.4) is 0 Å². The average Bonchev–Trinajstić information content (AvgIpc) is 3.09. The number of aromatic nitrogens is 1. The molecule has 4 rings (SSSR count). The predicted molar refractivity (Wildman–Crippen MR) is 125 cm³/mol. The smallest absolute Gasteiger partial charge is 0.338 e. The number of allylic oxidation sites excluding steroid dienone is 1. The number of rotatable bonds is 4. The summed E-state index contributed by atoms with van der Waals surface area (Å²) in [5.74, 6) is 0.131. The molecule has 1 aliphatic rings. The summed E-state index contributed by atoms with van der Waals surface area (Å²) in [5, 5.41) is 0.830. The van der Waals surface area contributed by atoms with Gasteiger partial charge in [-0.2, -0.15) is 0 Å². The Morgan fingerprint density at radius 1 is 1.12 bits per heavy atom. The van der Waals surface area contributed by atoms with Crippen LogP contribution in [0.2, 0.25) is 10.0 Å². The van der Waals surface area contributed by atoms with Crippen molar-refractivity contribution in [2.75, 3.05) is 14.2 Å². The molecule has 0 amide bonds. The van der Waals surface area contributed by atoms with E-state index in [1.54, 1.807) is 50.4 Å². The SMILES string of the molecule is COC(=O)C1=C(C)N=c2sc(=Cc3ccc(Cl)c(Cl)c3)c(=O)n2[C@@H]1c1ccc(OC)cc1. The maximum absolute atomic E-state index is 13.5. The minimum atomic E-state index is -0.680. The molecule has 9 heteroatoms. The lowest BCUT2D eigenvalue weighted by Crippen LogP contribution is -2.39. The molecule has 0 saturated carbocycles. The fraction of sp³-hybridized carbons (Fsp3) is 0.174. The van der Waals surface area contributed by atoms with E-state index in [0.717, 1.165) is 11.1 Å². The number of thiazole rings is 1. The average molecular weight is 489 g/mol. The lowest BCUT2D eigenvalue weighted by Gasteiger charge is -2.24. The van der Waals surface area contributed by atoms with Crippen LogP contribution in [0.5, 0.6) is 5.75 Å². The summed E-state index contributed by atoms with van der Waals surface area (Å²) in [5.41, 5.74) is 2.01. The first-order valence-corrected chi connectivity index (χ1v) is 11.1. The zero-order chi connectivity index (χ0) is 23.0. The fourth-order valence-electron chi connectivity index (χ4n) is 3.55. The third kappa shape index (κ3) is 3.99. The quantitative estimate of drug-likeness (QED) is 0.524. The summed E-state index contributed by atoms with van der Waals surface area (Å²) in [6.45, 7) is 1.73. The second-order valence-corrected chi connectivity index (χ2v) is 8.84. The summed E-state index contributed by atoms with van der Waals surface area (Å²) >= 11 is 13.4. The third-order valence-corrected chi connectivity index (χ3v) is 6.82. The molecule has 0 unspecified atom stereocenters. The first-order valence-electron chi connectivity index (χ1n) is 9.54. The predicted octanol–water partition coefficient (Wildman–Crippen LogP) is 3.72. The van der Waals surface area contributed by atoms with E-state index in [1.165, 1.54) is 23.0 Å². The summed E-state index contributed by atoms with van der Waals surface area (Å²) in [6.07, 6.45) is 1.73. The van der Waals surface area contributed by atoms with Crippen molar-refractivity contribution in [3.63, 3.8) is 0 Å². The topological polar surface area (TPSA) is 69.9 Å². The Labute approximate surface area is 197 Å².